The molecule has 1 saturated heterocycles. The zero-order valence-corrected chi connectivity index (χ0v) is 24.7. The van der Waals surface area contributed by atoms with Gasteiger partial charge in [-0.25, -0.2) is 8.42 Å². The van der Waals surface area contributed by atoms with Crippen molar-refractivity contribution in [3.8, 4) is 5.75 Å². The lowest BCUT2D eigenvalue weighted by Gasteiger charge is -2.35. The zero-order chi connectivity index (χ0) is 28.5. The van der Waals surface area contributed by atoms with E-state index in [0.717, 1.165) is 16.9 Å². The summed E-state index contributed by atoms with van der Waals surface area (Å²) >= 11 is 12.2. The minimum Gasteiger partial charge on any atom is -0.496 e. The van der Waals surface area contributed by atoms with Gasteiger partial charge in [-0.3, -0.25) is 9.69 Å². The standard InChI is InChI=1S/C30H33Cl2N3O4S/c1-39-28-12-6-5-10-25(28)11-7-15-34(30(36)22-24-8-3-2-4-9-24)19-16-33-17-20-35(21-18-33)40(37,38)29-23-26(31)13-14-27(29)32/h2-14,23H,15-22H2,1H3/b11-7+. The average molecular weight is 603 g/mol. The predicted molar refractivity (Wildman–Crippen MR) is 160 cm³/mol. The van der Waals surface area contributed by atoms with Crippen molar-refractivity contribution in [2.75, 3.05) is 52.9 Å². The molecule has 0 radical (unpaired) electrons. The number of carbonyl (C=O) groups excluding carboxylic acids is 1. The van der Waals surface area contributed by atoms with E-state index < -0.39 is 10.0 Å². The van der Waals surface area contributed by atoms with Crippen LogP contribution in [0.5, 0.6) is 5.75 Å². The molecule has 7 nitrogen and oxygen atoms in total. The molecule has 212 valence electrons. The Morgan fingerprint density at radius 2 is 1.68 bits per heavy atom. The number of hydrogen-bond acceptors (Lipinski definition) is 5. The lowest BCUT2D eigenvalue weighted by molar-refractivity contribution is -0.130. The summed E-state index contributed by atoms with van der Waals surface area (Å²) in [5.74, 6) is 0.806. The largest absolute Gasteiger partial charge is 0.496 e. The normalized spacial score (nSPS) is 14.9. The molecule has 0 atom stereocenters. The van der Waals surface area contributed by atoms with Crippen LogP contribution < -0.4 is 4.74 Å². The fourth-order valence-corrected chi connectivity index (χ4v) is 6.74. The number of ether oxygens (including phenoxy) is 1. The van der Waals surface area contributed by atoms with Gasteiger partial charge in [-0.15, -0.1) is 0 Å². The van der Waals surface area contributed by atoms with E-state index in [9.17, 15) is 13.2 Å². The van der Waals surface area contributed by atoms with E-state index in [0.29, 0.717) is 57.3 Å². The van der Waals surface area contributed by atoms with Gasteiger partial charge in [0.1, 0.15) is 10.6 Å². The third-order valence-electron chi connectivity index (χ3n) is 6.84. The summed E-state index contributed by atoms with van der Waals surface area (Å²) in [7, 11) is -2.12. The summed E-state index contributed by atoms with van der Waals surface area (Å²) in [5.41, 5.74) is 1.90. The molecule has 3 aromatic carbocycles. The molecule has 40 heavy (non-hydrogen) atoms. The molecular formula is C30H33Cl2N3O4S. The van der Waals surface area contributed by atoms with Gasteiger partial charge in [0.25, 0.3) is 0 Å². The van der Waals surface area contributed by atoms with Crippen LogP contribution >= 0.6 is 23.2 Å². The second-order valence-corrected chi connectivity index (χ2v) is 12.2. The summed E-state index contributed by atoms with van der Waals surface area (Å²) in [5, 5.41) is 0.474. The van der Waals surface area contributed by atoms with Crippen molar-refractivity contribution in [1.29, 1.82) is 0 Å². The first-order valence-electron chi connectivity index (χ1n) is 13.1. The molecule has 0 bridgehead atoms. The summed E-state index contributed by atoms with van der Waals surface area (Å²) < 4.78 is 33.2. The third-order valence-corrected chi connectivity index (χ3v) is 9.46. The molecule has 1 fully saturated rings. The molecule has 1 aliphatic heterocycles. The Labute approximate surface area is 246 Å². The van der Waals surface area contributed by atoms with Crippen LogP contribution in [0.2, 0.25) is 10.0 Å². The highest BCUT2D eigenvalue weighted by molar-refractivity contribution is 7.89. The Hall–Kier alpha value is -2.88. The van der Waals surface area contributed by atoms with E-state index in [4.69, 9.17) is 27.9 Å². The Morgan fingerprint density at radius 1 is 0.975 bits per heavy atom. The first-order valence-corrected chi connectivity index (χ1v) is 15.3. The second kappa shape index (κ2) is 14.1. The number of sulfonamides is 1. The van der Waals surface area contributed by atoms with E-state index in [-0.39, 0.29) is 15.8 Å². The van der Waals surface area contributed by atoms with Crippen LogP contribution in [0.15, 0.2) is 83.8 Å². The molecule has 10 heteroatoms. The smallest absolute Gasteiger partial charge is 0.244 e. The van der Waals surface area contributed by atoms with Crippen LogP contribution in [0.3, 0.4) is 0 Å². The number of carbonyl (C=O) groups is 1. The average Bonchev–Trinajstić information content (AvgIpc) is 2.97. The lowest BCUT2D eigenvalue weighted by atomic mass is 10.1. The minimum atomic E-state index is -3.76. The van der Waals surface area contributed by atoms with Crippen LogP contribution in [0.4, 0.5) is 0 Å². The molecule has 0 aromatic heterocycles. The van der Waals surface area contributed by atoms with E-state index in [2.05, 4.69) is 4.90 Å². The molecule has 0 spiro atoms. The number of piperazine rings is 1. The maximum absolute atomic E-state index is 13.3. The number of benzene rings is 3. The molecule has 0 aliphatic carbocycles. The van der Waals surface area contributed by atoms with Crippen LogP contribution in [0.25, 0.3) is 6.08 Å². The summed E-state index contributed by atoms with van der Waals surface area (Å²) in [4.78, 5) is 17.3. The van der Waals surface area contributed by atoms with Crippen molar-refractivity contribution < 1.29 is 17.9 Å². The van der Waals surface area contributed by atoms with Crippen molar-refractivity contribution in [3.05, 3.63) is 100 Å². The Bertz CT molecular complexity index is 1430. The van der Waals surface area contributed by atoms with Crippen LogP contribution in [-0.2, 0) is 21.2 Å². The van der Waals surface area contributed by atoms with Crippen molar-refractivity contribution in [2.45, 2.75) is 11.3 Å². The number of amides is 1. The maximum atomic E-state index is 13.3. The van der Waals surface area contributed by atoms with Gasteiger partial charge >= 0.3 is 0 Å². The summed E-state index contributed by atoms with van der Waals surface area (Å²) in [6.07, 6.45) is 4.25. The monoisotopic (exact) mass is 601 g/mol. The highest BCUT2D eigenvalue weighted by atomic mass is 35.5. The van der Waals surface area contributed by atoms with Gasteiger partial charge in [-0.1, -0.05) is 83.9 Å². The van der Waals surface area contributed by atoms with Crippen LogP contribution in [0, 0.1) is 0 Å². The summed E-state index contributed by atoms with van der Waals surface area (Å²) in [6, 6.07) is 21.9. The van der Waals surface area contributed by atoms with Crippen molar-refractivity contribution >= 4 is 45.2 Å². The third kappa shape index (κ3) is 7.86. The maximum Gasteiger partial charge on any atom is 0.244 e. The first-order chi connectivity index (χ1) is 19.3. The lowest BCUT2D eigenvalue weighted by Crippen LogP contribution is -2.50. The number of halogens is 2. The zero-order valence-electron chi connectivity index (χ0n) is 22.4. The van der Waals surface area contributed by atoms with E-state index in [1.165, 1.54) is 16.4 Å². The minimum absolute atomic E-state index is 0.0228. The number of nitrogens with zero attached hydrogens (tertiary/aromatic N) is 3. The van der Waals surface area contributed by atoms with Crippen molar-refractivity contribution in [3.63, 3.8) is 0 Å². The van der Waals surface area contributed by atoms with Crippen molar-refractivity contribution in [2.24, 2.45) is 0 Å². The Balaban J connectivity index is 1.38. The van der Waals surface area contributed by atoms with E-state index >= 15 is 0 Å². The molecule has 1 heterocycles. The van der Waals surface area contributed by atoms with E-state index in [1.54, 1.807) is 13.2 Å². The predicted octanol–water partition coefficient (Wildman–Crippen LogP) is 5.09. The number of rotatable bonds is 11. The topological polar surface area (TPSA) is 70.2 Å². The second-order valence-electron chi connectivity index (χ2n) is 9.47. The SMILES string of the molecule is COc1ccccc1/C=C/CN(CCN1CCN(S(=O)(=O)c2cc(Cl)ccc2Cl)CC1)C(=O)Cc1ccccc1. The highest BCUT2D eigenvalue weighted by Gasteiger charge is 2.30. The number of methoxy groups -OCH3 is 1. The van der Waals surface area contributed by atoms with Crippen LogP contribution in [-0.4, -0.2) is 81.4 Å². The fraction of sp³-hybridized carbons (Fsp3) is 0.300. The Morgan fingerprint density at radius 3 is 2.40 bits per heavy atom. The van der Waals surface area contributed by atoms with Gasteiger partial charge in [0.05, 0.1) is 18.6 Å². The molecule has 0 unspecified atom stereocenters. The van der Waals surface area contributed by atoms with Gasteiger partial charge in [0.15, 0.2) is 0 Å². The molecule has 4 rings (SSSR count). The number of para-hydroxylation sites is 1. The Kier molecular flexibility index (Phi) is 10.6. The highest BCUT2D eigenvalue weighted by Crippen LogP contribution is 2.28. The van der Waals surface area contributed by atoms with Gasteiger partial charge in [-0.05, 0) is 29.8 Å². The van der Waals surface area contributed by atoms with Gasteiger partial charge in [0, 0.05) is 56.4 Å². The van der Waals surface area contributed by atoms with Gasteiger partial charge in [-0.2, -0.15) is 4.31 Å². The molecule has 0 N–H and O–H groups in total. The first kappa shape index (κ1) is 30.1. The van der Waals surface area contributed by atoms with Gasteiger partial charge < -0.3 is 9.64 Å². The molecule has 3 aromatic rings. The summed E-state index contributed by atoms with van der Waals surface area (Å²) in [6.45, 7) is 3.37. The van der Waals surface area contributed by atoms with E-state index in [1.807, 2.05) is 71.6 Å². The molecule has 1 amide bonds. The molecular weight excluding hydrogens is 569 g/mol. The van der Waals surface area contributed by atoms with Crippen LogP contribution in [0.1, 0.15) is 11.1 Å². The molecule has 0 saturated carbocycles. The van der Waals surface area contributed by atoms with Crippen molar-refractivity contribution in [1.82, 2.24) is 14.1 Å². The molecule has 1 aliphatic rings. The quantitative estimate of drug-likeness (QED) is 0.306. The fourth-order valence-electron chi connectivity index (χ4n) is 4.58. The number of hydrogen-bond donors (Lipinski definition) is 0. The van der Waals surface area contributed by atoms with Gasteiger partial charge in [0.2, 0.25) is 15.9 Å².